The highest BCUT2D eigenvalue weighted by atomic mass is 35.5. The summed E-state index contributed by atoms with van der Waals surface area (Å²) < 4.78 is 7.95. The summed E-state index contributed by atoms with van der Waals surface area (Å²) in [6.45, 7) is 0.425. The van der Waals surface area contributed by atoms with E-state index in [-0.39, 0.29) is 11.8 Å². The number of allylic oxidation sites excluding steroid dienone is 2. The Bertz CT molecular complexity index is 1470. The highest BCUT2D eigenvalue weighted by molar-refractivity contribution is 7.98. The maximum absolute atomic E-state index is 13.2. The van der Waals surface area contributed by atoms with Crippen molar-refractivity contribution in [2.24, 2.45) is 0 Å². The summed E-state index contributed by atoms with van der Waals surface area (Å²) in [6.07, 6.45) is 2.21. The number of nitrogens with zero attached hydrogens (tertiary/aromatic N) is 3. The van der Waals surface area contributed by atoms with Crippen LogP contribution in [0.25, 0.3) is 0 Å². The zero-order valence-corrected chi connectivity index (χ0v) is 21.6. The number of hydrogen-bond donors (Lipinski definition) is 1. The predicted octanol–water partition coefficient (Wildman–Crippen LogP) is 6.82. The molecule has 3 aromatic carbocycles. The molecule has 1 unspecified atom stereocenters. The van der Waals surface area contributed by atoms with Gasteiger partial charge in [-0.15, -0.1) is 5.10 Å². The van der Waals surface area contributed by atoms with E-state index >= 15 is 0 Å². The number of ether oxygens (including phenoxy) is 1. The van der Waals surface area contributed by atoms with Gasteiger partial charge < -0.3 is 10.1 Å². The van der Waals surface area contributed by atoms with Crippen LogP contribution in [0.2, 0.25) is 5.02 Å². The number of halogens is 1. The van der Waals surface area contributed by atoms with Crippen LogP contribution in [-0.2, 0) is 17.2 Å². The fourth-order valence-corrected chi connectivity index (χ4v) is 5.66. The summed E-state index contributed by atoms with van der Waals surface area (Å²) in [7, 11) is 0. The lowest BCUT2D eigenvalue weighted by Crippen LogP contribution is -2.31. The highest BCUT2D eigenvalue weighted by Crippen LogP contribution is 2.41. The first kappa shape index (κ1) is 23.8. The summed E-state index contributed by atoms with van der Waals surface area (Å²) in [5, 5.41) is 9.63. The number of benzene rings is 3. The minimum absolute atomic E-state index is 0.158. The summed E-state index contributed by atoms with van der Waals surface area (Å²) in [5.41, 5.74) is 4.92. The van der Waals surface area contributed by atoms with Crippen LogP contribution in [-0.4, -0.2) is 20.5 Å². The molecule has 6 nitrogen and oxygen atoms in total. The largest absolute Gasteiger partial charge is 0.489 e. The van der Waals surface area contributed by atoms with E-state index < -0.39 is 0 Å². The van der Waals surface area contributed by atoms with Crippen LogP contribution >= 0.6 is 23.4 Å². The first-order valence-electron chi connectivity index (χ1n) is 12.3. The van der Waals surface area contributed by atoms with Crippen LogP contribution in [0.3, 0.4) is 0 Å². The Balaban J connectivity index is 1.30. The normalized spacial score (nSPS) is 16.7. The van der Waals surface area contributed by atoms with Crippen LogP contribution in [0, 0.1) is 0 Å². The van der Waals surface area contributed by atoms with Crippen molar-refractivity contribution in [1.82, 2.24) is 14.8 Å². The van der Waals surface area contributed by atoms with E-state index in [1.54, 1.807) is 11.8 Å². The average molecular weight is 529 g/mol. The summed E-state index contributed by atoms with van der Waals surface area (Å²) in [5.74, 6) is 2.33. The maximum atomic E-state index is 13.2. The van der Waals surface area contributed by atoms with Crippen LogP contribution < -0.4 is 10.1 Å². The van der Waals surface area contributed by atoms with Crippen molar-refractivity contribution < 1.29 is 9.53 Å². The summed E-state index contributed by atoms with van der Waals surface area (Å²) >= 11 is 7.59. The Kier molecular flexibility index (Phi) is 6.72. The molecule has 0 radical (unpaired) electrons. The van der Waals surface area contributed by atoms with Crippen molar-refractivity contribution in [2.75, 3.05) is 5.32 Å². The van der Waals surface area contributed by atoms with E-state index in [1.165, 1.54) is 5.56 Å². The number of Topliss-reactive ketones (excluding diaryl/α,β-unsaturated/α-hetero) is 1. The lowest BCUT2D eigenvalue weighted by molar-refractivity contribution is -0.116. The number of carbonyl (C=O) groups is 1. The third-order valence-corrected chi connectivity index (χ3v) is 7.71. The average Bonchev–Trinajstić information content (AvgIpc) is 3.34. The van der Waals surface area contributed by atoms with Gasteiger partial charge in [-0.25, -0.2) is 4.68 Å². The van der Waals surface area contributed by atoms with Gasteiger partial charge in [-0.3, -0.25) is 4.79 Å². The van der Waals surface area contributed by atoms with E-state index in [0.717, 1.165) is 46.7 Å². The fraction of sp³-hybridized carbons (Fsp3) is 0.207. The molecule has 0 spiro atoms. The zero-order valence-electron chi connectivity index (χ0n) is 20.1. The van der Waals surface area contributed by atoms with Crippen molar-refractivity contribution in [3.05, 3.63) is 112 Å². The smallest absolute Gasteiger partial charge is 0.227 e. The van der Waals surface area contributed by atoms with Gasteiger partial charge in [0.2, 0.25) is 11.1 Å². The predicted molar refractivity (Wildman–Crippen MR) is 146 cm³/mol. The van der Waals surface area contributed by atoms with Gasteiger partial charge in [0, 0.05) is 28.5 Å². The quantitative estimate of drug-likeness (QED) is 0.265. The lowest BCUT2D eigenvalue weighted by Gasteiger charge is -2.32. The Morgan fingerprint density at radius 3 is 2.68 bits per heavy atom. The molecule has 0 amide bonds. The van der Waals surface area contributed by atoms with Crippen molar-refractivity contribution in [3.8, 4) is 5.75 Å². The number of nitrogens with one attached hydrogen (secondary N) is 1. The van der Waals surface area contributed by atoms with Gasteiger partial charge in [-0.2, -0.15) is 4.98 Å². The van der Waals surface area contributed by atoms with Crippen LogP contribution in [0.1, 0.15) is 42.0 Å². The Labute approximate surface area is 224 Å². The van der Waals surface area contributed by atoms with E-state index in [2.05, 4.69) is 17.4 Å². The molecule has 2 aliphatic rings. The number of aromatic nitrogens is 3. The first-order chi connectivity index (χ1) is 18.1. The molecule has 8 heteroatoms. The molecule has 6 rings (SSSR count). The van der Waals surface area contributed by atoms with Gasteiger partial charge in [-0.05, 0) is 53.8 Å². The Morgan fingerprint density at radius 1 is 1.00 bits per heavy atom. The molecule has 2 heterocycles. The number of hydrogen-bond acceptors (Lipinski definition) is 6. The van der Waals surface area contributed by atoms with Crippen LogP contribution in [0.4, 0.5) is 5.95 Å². The second-order valence-electron chi connectivity index (χ2n) is 9.12. The van der Waals surface area contributed by atoms with E-state index in [0.29, 0.717) is 29.2 Å². The van der Waals surface area contributed by atoms with Crippen LogP contribution in [0.5, 0.6) is 5.75 Å². The molecule has 1 aliphatic heterocycles. The van der Waals surface area contributed by atoms with Crippen LogP contribution in [0.15, 0.2) is 95.3 Å². The molecule has 1 atom stereocenters. The Morgan fingerprint density at radius 2 is 1.84 bits per heavy atom. The number of anilines is 1. The van der Waals surface area contributed by atoms with Crippen molar-refractivity contribution in [3.63, 3.8) is 0 Å². The van der Waals surface area contributed by atoms with Crippen molar-refractivity contribution in [2.45, 2.75) is 42.8 Å². The van der Waals surface area contributed by atoms with Gasteiger partial charge >= 0.3 is 0 Å². The van der Waals surface area contributed by atoms with E-state index in [1.807, 2.05) is 71.4 Å². The van der Waals surface area contributed by atoms with Gasteiger partial charge in [0.05, 0.1) is 0 Å². The molecule has 1 N–H and O–H groups in total. The van der Waals surface area contributed by atoms with E-state index in [9.17, 15) is 4.79 Å². The molecule has 0 saturated carbocycles. The summed E-state index contributed by atoms with van der Waals surface area (Å²) in [6, 6.07) is 25.5. The number of rotatable bonds is 7. The maximum Gasteiger partial charge on any atom is 0.227 e. The van der Waals surface area contributed by atoms with Crippen molar-refractivity contribution in [1.29, 1.82) is 0 Å². The molecule has 4 aromatic rings. The molecule has 0 saturated heterocycles. The molecular formula is C29H25ClN4O2S. The monoisotopic (exact) mass is 528 g/mol. The Hall–Kier alpha value is -3.55. The summed E-state index contributed by atoms with van der Waals surface area (Å²) in [4.78, 5) is 17.9. The third-order valence-electron chi connectivity index (χ3n) is 6.55. The minimum atomic E-state index is -0.350. The number of fused-ring (bicyclic) bond motifs is 1. The van der Waals surface area contributed by atoms with Gasteiger partial charge in [0.1, 0.15) is 18.4 Å². The molecule has 1 aromatic heterocycles. The molecule has 186 valence electrons. The standard InChI is InChI=1S/C29H25ClN4O2S/c30-22-14-12-19(13-15-22)17-36-23-9-4-8-21(16-23)27-26-24(10-5-11-25(26)35)31-28-32-29(33-34(27)28)37-18-20-6-2-1-3-7-20/h1-4,6-9,12-16,27H,5,10-11,17-18H2,(H,31,32,33). The fourth-order valence-electron chi connectivity index (χ4n) is 4.75. The molecular weight excluding hydrogens is 504 g/mol. The van der Waals surface area contributed by atoms with Gasteiger partial charge in [0.15, 0.2) is 5.78 Å². The molecule has 0 bridgehead atoms. The second kappa shape index (κ2) is 10.4. The third kappa shape index (κ3) is 5.15. The van der Waals surface area contributed by atoms with E-state index in [4.69, 9.17) is 26.4 Å². The lowest BCUT2D eigenvalue weighted by atomic mass is 9.85. The number of thioether (sulfide) groups is 1. The topological polar surface area (TPSA) is 69.0 Å². The highest BCUT2D eigenvalue weighted by Gasteiger charge is 2.37. The SMILES string of the molecule is O=C1CCCC2=C1C(c1cccc(OCc3ccc(Cl)cc3)c1)n1nc(SCc3ccccc3)nc1N2. The minimum Gasteiger partial charge on any atom is -0.489 e. The number of carbonyl (C=O) groups excluding carboxylic acids is 1. The first-order valence-corrected chi connectivity index (χ1v) is 13.6. The molecule has 0 fully saturated rings. The molecule has 1 aliphatic carbocycles. The number of ketones is 1. The van der Waals surface area contributed by atoms with Gasteiger partial charge in [-0.1, -0.05) is 78.0 Å². The van der Waals surface area contributed by atoms with Crippen molar-refractivity contribution >= 4 is 35.1 Å². The molecule has 37 heavy (non-hydrogen) atoms. The second-order valence-corrected chi connectivity index (χ2v) is 10.5. The van der Waals surface area contributed by atoms with Gasteiger partial charge in [0.25, 0.3) is 0 Å². The zero-order chi connectivity index (χ0) is 25.2.